The van der Waals surface area contributed by atoms with Crippen molar-refractivity contribution in [1.82, 2.24) is 5.48 Å². The Morgan fingerprint density at radius 3 is 2.75 bits per heavy atom. The van der Waals surface area contributed by atoms with Crippen LogP contribution in [0.2, 0.25) is 0 Å². The van der Waals surface area contributed by atoms with Gasteiger partial charge >= 0.3 is 37.7 Å². The van der Waals surface area contributed by atoms with E-state index < -0.39 is 6.04 Å². The molecule has 1 rings (SSSR count). The first kappa shape index (κ1) is 8.65. The van der Waals surface area contributed by atoms with Crippen LogP contribution in [0, 0.1) is 0 Å². The molecule has 1 aliphatic rings. The summed E-state index contributed by atoms with van der Waals surface area (Å²) in [5, 5.41) is 0. The number of hydroxylamine groups is 1. The Balaban J connectivity index is -0.000000163. The maximum absolute atomic E-state index is 10.2. The summed E-state index contributed by atoms with van der Waals surface area (Å²) in [5.41, 5.74) is 7.25. The summed E-state index contributed by atoms with van der Waals surface area (Å²) in [5.74, 6) is -0.236. The zero-order valence-corrected chi connectivity index (χ0v) is 6.59. The second-order valence-electron chi connectivity index (χ2n) is 1.38. The van der Waals surface area contributed by atoms with Crippen LogP contribution in [0.15, 0.2) is 0 Å². The molecular weight excluding hydrogens is 136 g/mol. The van der Waals surface area contributed by atoms with Gasteiger partial charge in [0.15, 0.2) is 0 Å². The Bertz CT molecular complexity index is 105. The number of carbonyl (C=O) groups excluding carboxylic acids is 1. The summed E-state index contributed by atoms with van der Waals surface area (Å²) in [4.78, 5) is 14.7. The minimum absolute atomic E-state index is 0. The van der Waals surface area contributed by atoms with Gasteiger partial charge in [-0.1, -0.05) is 0 Å². The minimum atomic E-state index is -0.458. The molecule has 5 heteroatoms. The predicted molar refractivity (Wildman–Crippen MR) is 30.0 cm³/mol. The maximum Gasteiger partial charge on any atom is 2.00 e. The monoisotopic (exact) mass is 144 g/mol. The fraction of sp³-hybridized carbons (Fsp3) is 0.667. The van der Waals surface area contributed by atoms with Crippen LogP contribution in [-0.4, -0.2) is 56.3 Å². The van der Waals surface area contributed by atoms with Gasteiger partial charge in [-0.3, -0.25) is 9.63 Å². The maximum atomic E-state index is 10.2. The summed E-state index contributed by atoms with van der Waals surface area (Å²) < 4.78 is 0. The summed E-state index contributed by atoms with van der Waals surface area (Å²) in [6.45, 7) is 0.291. The van der Waals surface area contributed by atoms with E-state index in [1.165, 1.54) is 0 Å². The zero-order chi connectivity index (χ0) is 5.28. The third kappa shape index (κ3) is 1.87. The molecule has 4 nitrogen and oxygen atoms in total. The standard InChI is InChI=1S/C3H6N2O2.Ca.2H/c4-2-1-7-5-3(2)6;;;/h2H,1,4H2,(H,5,6);;;/q;+2;2*-1/t2-;;;/m1.../s1. The van der Waals surface area contributed by atoms with E-state index in [0.29, 0.717) is 6.61 Å². The van der Waals surface area contributed by atoms with Gasteiger partial charge in [-0.05, 0) is 0 Å². The van der Waals surface area contributed by atoms with Gasteiger partial charge in [-0.25, -0.2) is 5.48 Å². The molecule has 0 radical (unpaired) electrons. The fourth-order valence-electron chi connectivity index (χ4n) is 0.354. The van der Waals surface area contributed by atoms with Gasteiger partial charge < -0.3 is 8.59 Å². The molecule has 0 aromatic carbocycles. The number of hydrogen-bond donors (Lipinski definition) is 2. The molecule has 0 aromatic heterocycles. The topological polar surface area (TPSA) is 64.3 Å². The van der Waals surface area contributed by atoms with Gasteiger partial charge in [-0.2, -0.15) is 0 Å². The molecule has 8 heavy (non-hydrogen) atoms. The Morgan fingerprint density at radius 2 is 2.62 bits per heavy atom. The summed E-state index contributed by atoms with van der Waals surface area (Å²) in [7, 11) is 0. The smallest absolute Gasteiger partial charge is 1.00 e. The number of hydrogen-bond acceptors (Lipinski definition) is 3. The van der Waals surface area contributed by atoms with E-state index in [1.807, 2.05) is 0 Å². The molecule has 0 aliphatic carbocycles. The van der Waals surface area contributed by atoms with Gasteiger partial charge in [0.05, 0.1) is 6.61 Å². The number of nitrogens with one attached hydrogen (secondary N) is 1. The van der Waals surface area contributed by atoms with E-state index in [2.05, 4.69) is 10.3 Å². The molecule has 0 bridgehead atoms. The summed E-state index contributed by atoms with van der Waals surface area (Å²) in [6, 6.07) is -0.458. The first-order valence-corrected chi connectivity index (χ1v) is 1.98. The second-order valence-corrected chi connectivity index (χ2v) is 1.38. The molecule has 1 amide bonds. The van der Waals surface area contributed by atoms with Gasteiger partial charge in [0.25, 0.3) is 5.91 Å². The van der Waals surface area contributed by atoms with E-state index >= 15 is 0 Å². The average Bonchev–Trinajstić information content (AvgIpc) is 1.91. The Kier molecular flexibility index (Phi) is 3.93. The first-order valence-electron chi connectivity index (χ1n) is 1.98. The van der Waals surface area contributed by atoms with Gasteiger partial charge in [0, 0.05) is 0 Å². The van der Waals surface area contributed by atoms with Crippen LogP contribution in [-0.2, 0) is 9.63 Å². The average molecular weight is 144 g/mol. The number of carbonyl (C=O) groups is 1. The third-order valence-electron chi connectivity index (χ3n) is 0.772. The zero-order valence-electron chi connectivity index (χ0n) is 6.39. The first-order chi connectivity index (χ1) is 3.30. The molecule has 1 saturated heterocycles. The predicted octanol–water partition coefficient (Wildman–Crippen LogP) is -1.78. The van der Waals surface area contributed by atoms with Crippen LogP contribution in [0.4, 0.5) is 0 Å². The molecule has 0 saturated carbocycles. The quantitative estimate of drug-likeness (QED) is 0.395. The van der Waals surface area contributed by atoms with Crippen LogP contribution < -0.4 is 11.2 Å². The number of amides is 1. The van der Waals surface area contributed by atoms with Crippen LogP contribution in [0.5, 0.6) is 0 Å². The van der Waals surface area contributed by atoms with Crippen molar-refractivity contribution in [3.8, 4) is 0 Å². The van der Waals surface area contributed by atoms with Crippen LogP contribution in [0.25, 0.3) is 0 Å². The van der Waals surface area contributed by atoms with Crippen molar-refractivity contribution in [3.05, 3.63) is 0 Å². The molecule has 0 spiro atoms. The van der Waals surface area contributed by atoms with E-state index in [-0.39, 0.29) is 46.5 Å². The normalized spacial score (nSPS) is 26.6. The van der Waals surface area contributed by atoms with Crippen molar-refractivity contribution in [2.45, 2.75) is 6.04 Å². The molecule has 44 valence electrons. The van der Waals surface area contributed by atoms with Crippen LogP contribution >= 0.6 is 0 Å². The molecule has 1 fully saturated rings. The summed E-state index contributed by atoms with van der Waals surface area (Å²) >= 11 is 0. The fourth-order valence-corrected chi connectivity index (χ4v) is 0.354. The number of rotatable bonds is 0. The van der Waals surface area contributed by atoms with Crippen molar-refractivity contribution < 1.29 is 12.5 Å². The van der Waals surface area contributed by atoms with Crippen molar-refractivity contribution >= 4 is 43.6 Å². The van der Waals surface area contributed by atoms with E-state index in [9.17, 15) is 4.79 Å². The third-order valence-corrected chi connectivity index (χ3v) is 0.772. The largest absolute Gasteiger partial charge is 2.00 e. The number of nitrogens with two attached hydrogens (primary N) is 1. The van der Waals surface area contributed by atoms with E-state index in [4.69, 9.17) is 5.73 Å². The van der Waals surface area contributed by atoms with Gasteiger partial charge in [-0.15, -0.1) is 0 Å². The Morgan fingerprint density at radius 1 is 2.00 bits per heavy atom. The van der Waals surface area contributed by atoms with Gasteiger partial charge in [0.2, 0.25) is 0 Å². The summed E-state index contributed by atoms with van der Waals surface area (Å²) in [6.07, 6.45) is 0. The second kappa shape index (κ2) is 3.63. The Hall–Kier alpha value is 0.650. The minimum Gasteiger partial charge on any atom is -1.00 e. The van der Waals surface area contributed by atoms with E-state index in [1.54, 1.807) is 0 Å². The van der Waals surface area contributed by atoms with Crippen molar-refractivity contribution in [2.24, 2.45) is 5.73 Å². The molecule has 1 atom stereocenters. The van der Waals surface area contributed by atoms with E-state index in [0.717, 1.165) is 0 Å². The molecule has 1 aliphatic heterocycles. The molecule has 0 aromatic rings. The Labute approximate surface area is 79.7 Å². The molecular formula is C3H8CaN2O2. The van der Waals surface area contributed by atoms with Crippen LogP contribution in [0.3, 0.4) is 0 Å². The van der Waals surface area contributed by atoms with Crippen LogP contribution in [0.1, 0.15) is 2.85 Å². The van der Waals surface area contributed by atoms with Crippen molar-refractivity contribution in [1.29, 1.82) is 0 Å². The van der Waals surface area contributed by atoms with Crippen molar-refractivity contribution in [2.75, 3.05) is 6.61 Å². The molecule has 1 heterocycles. The molecule has 3 N–H and O–H groups in total. The van der Waals surface area contributed by atoms with Gasteiger partial charge in [0.1, 0.15) is 6.04 Å². The molecule has 0 unspecified atom stereocenters. The van der Waals surface area contributed by atoms with Crippen molar-refractivity contribution in [3.63, 3.8) is 0 Å². The SMILES string of the molecule is N[C@@H]1CONC1=O.[Ca+2].[H-].[H-].